The molecule has 2 fully saturated rings. The van der Waals surface area contributed by atoms with Crippen molar-refractivity contribution in [3.8, 4) is 0 Å². The lowest BCUT2D eigenvalue weighted by Gasteiger charge is -2.30. The van der Waals surface area contributed by atoms with E-state index in [0.717, 1.165) is 70.8 Å². The molecular weight excluding hydrogens is 663 g/mol. The lowest BCUT2D eigenvalue weighted by Crippen LogP contribution is -2.29. The molecule has 0 amide bonds. The van der Waals surface area contributed by atoms with Gasteiger partial charge in [-0.15, -0.1) is 0 Å². The molecule has 0 N–H and O–H groups in total. The number of carbonyl (C=O) groups is 2. The second-order valence-electron chi connectivity index (χ2n) is 15.5. The molecule has 0 aliphatic carbocycles. The van der Waals surface area contributed by atoms with Gasteiger partial charge in [-0.25, -0.2) is 19.6 Å². The normalized spacial score (nSPS) is 18.6. The average molecular weight is 724 g/mol. The fourth-order valence-corrected chi connectivity index (χ4v) is 8.01. The number of benzene rings is 1. The van der Waals surface area contributed by atoms with Gasteiger partial charge >= 0.3 is 11.9 Å². The third-order valence-corrected chi connectivity index (χ3v) is 10.6. The fraction of sp³-hybridized carbons (Fsp3) is 0.545. The minimum Gasteiger partial charge on any atom is -0.459 e. The number of nitrogens with zero attached hydrogens (tertiary/aromatic N) is 5. The maximum Gasteiger partial charge on any atom is 0.342 e. The highest BCUT2D eigenvalue weighted by Crippen LogP contribution is 2.37. The maximum atomic E-state index is 12.8. The van der Waals surface area contributed by atoms with Gasteiger partial charge in [-0.05, 0) is 119 Å². The van der Waals surface area contributed by atoms with Crippen LogP contribution in [-0.2, 0) is 22.4 Å². The van der Waals surface area contributed by atoms with E-state index in [-0.39, 0.29) is 24.1 Å². The van der Waals surface area contributed by atoms with E-state index in [9.17, 15) is 9.59 Å². The van der Waals surface area contributed by atoms with Crippen LogP contribution in [0.4, 0.5) is 11.6 Å². The molecule has 0 radical (unpaired) electrons. The van der Waals surface area contributed by atoms with Crippen molar-refractivity contribution in [2.45, 2.75) is 99.3 Å². The highest BCUT2D eigenvalue weighted by Gasteiger charge is 2.34. The van der Waals surface area contributed by atoms with Crippen LogP contribution in [-0.4, -0.2) is 71.7 Å². The summed E-state index contributed by atoms with van der Waals surface area (Å²) in [4.78, 5) is 41.6. The van der Waals surface area contributed by atoms with Crippen molar-refractivity contribution in [3.63, 3.8) is 0 Å². The van der Waals surface area contributed by atoms with E-state index in [1.165, 1.54) is 17.5 Å². The Morgan fingerprint density at radius 3 is 1.94 bits per heavy atom. The van der Waals surface area contributed by atoms with Gasteiger partial charge in [-0.1, -0.05) is 57.0 Å². The molecule has 2 aromatic heterocycles. The molecule has 9 heteroatoms. The van der Waals surface area contributed by atoms with Crippen LogP contribution in [0.1, 0.15) is 106 Å². The number of esters is 2. The molecular formula is C44H61N5O4. The van der Waals surface area contributed by atoms with Crippen molar-refractivity contribution in [2.75, 3.05) is 42.5 Å². The number of hydrogen-bond acceptors (Lipinski definition) is 9. The third-order valence-electron chi connectivity index (χ3n) is 10.6. The van der Waals surface area contributed by atoms with E-state index >= 15 is 0 Å². The SMILES string of the molecule is CCCC(C(C)Cc1ccc(CN(C=CC2CCN(c3ncccc3C(=O)OC(C)C)C2)CC)cc1)C1CCN(c2ncccc2C(=O)OC(C)C)C1. The first-order valence-electron chi connectivity index (χ1n) is 19.9. The van der Waals surface area contributed by atoms with Gasteiger partial charge in [0, 0.05) is 51.7 Å². The average Bonchev–Trinajstić information content (AvgIpc) is 3.83. The molecule has 4 heterocycles. The highest BCUT2D eigenvalue weighted by molar-refractivity contribution is 5.95. The number of hydrogen-bond donors (Lipinski definition) is 0. The molecule has 3 aromatic rings. The monoisotopic (exact) mass is 723 g/mol. The van der Waals surface area contributed by atoms with Crippen LogP contribution in [0.15, 0.2) is 73.2 Å². The summed E-state index contributed by atoms with van der Waals surface area (Å²) >= 11 is 0. The maximum absolute atomic E-state index is 12.8. The molecule has 0 spiro atoms. The molecule has 9 nitrogen and oxygen atoms in total. The van der Waals surface area contributed by atoms with Crippen molar-refractivity contribution in [3.05, 3.63) is 95.5 Å². The molecule has 2 saturated heterocycles. The summed E-state index contributed by atoms with van der Waals surface area (Å²) in [6, 6.07) is 16.5. The van der Waals surface area contributed by atoms with Crippen LogP contribution < -0.4 is 9.80 Å². The zero-order chi connectivity index (χ0) is 37.9. The van der Waals surface area contributed by atoms with Gasteiger partial charge < -0.3 is 24.2 Å². The lowest BCUT2D eigenvalue weighted by atomic mass is 9.76. The molecule has 2 aliphatic rings. The molecule has 53 heavy (non-hydrogen) atoms. The molecule has 0 bridgehead atoms. The molecule has 5 rings (SSSR count). The van der Waals surface area contributed by atoms with Crippen LogP contribution in [0.2, 0.25) is 0 Å². The van der Waals surface area contributed by atoms with E-state index in [4.69, 9.17) is 9.47 Å². The van der Waals surface area contributed by atoms with Crippen LogP contribution in [0.5, 0.6) is 0 Å². The van der Waals surface area contributed by atoms with Crippen LogP contribution in [0, 0.1) is 23.7 Å². The first-order valence-corrected chi connectivity index (χ1v) is 19.9. The summed E-state index contributed by atoms with van der Waals surface area (Å²) in [5.41, 5.74) is 3.79. The second-order valence-corrected chi connectivity index (χ2v) is 15.5. The molecule has 1 aromatic carbocycles. The Balaban J connectivity index is 1.14. The Labute approximate surface area is 317 Å². The van der Waals surface area contributed by atoms with Crippen LogP contribution >= 0.6 is 0 Å². The zero-order valence-corrected chi connectivity index (χ0v) is 33.0. The van der Waals surface area contributed by atoms with E-state index in [1.807, 2.05) is 45.9 Å². The second kappa shape index (κ2) is 19.1. The minimum atomic E-state index is -0.316. The Bertz CT molecular complexity index is 1660. The van der Waals surface area contributed by atoms with E-state index in [2.05, 4.69) is 82.0 Å². The number of rotatable bonds is 17. The summed E-state index contributed by atoms with van der Waals surface area (Å²) in [5, 5.41) is 0. The predicted molar refractivity (Wildman–Crippen MR) is 213 cm³/mol. The molecule has 4 atom stereocenters. The predicted octanol–water partition coefficient (Wildman–Crippen LogP) is 8.59. The molecule has 0 saturated carbocycles. The van der Waals surface area contributed by atoms with Crippen molar-refractivity contribution in [1.82, 2.24) is 14.9 Å². The van der Waals surface area contributed by atoms with Gasteiger partial charge in [-0.2, -0.15) is 0 Å². The molecule has 4 unspecified atom stereocenters. The van der Waals surface area contributed by atoms with E-state index < -0.39 is 0 Å². The summed E-state index contributed by atoms with van der Waals surface area (Å²) in [5.74, 6) is 2.95. The number of ether oxygens (including phenoxy) is 2. The third kappa shape index (κ3) is 10.8. The Morgan fingerprint density at radius 2 is 1.38 bits per heavy atom. The van der Waals surface area contributed by atoms with Crippen LogP contribution in [0.3, 0.4) is 0 Å². The zero-order valence-electron chi connectivity index (χ0n) is 33.0. The Morgan fingerprint density at radius 1 is 0.811 bits per heavy atom. The Hall–Kier alpha value is -4.40. The fourth-order valence-electron chi connectivity index (χ4n) is 8.01. The molecule has 2 aliphatic heterocycles. The topological polar surface area (TPSA) is 88.1 Å². The lowest BCUT2D eigenvalue weighted by molar-refractivity contribution is 0.0367. The summed E-state index contributed by atoms with van der Waals surface area (Å²) < 4.78 is 11.0. The summed E-state index contributed by atoms with van der Waals surface area (Å²) in [6.45, 7) is 19.7. The van der Waals surface area contributed by atoms with Crippen molar-refractivity contribution in [2.24, 2.45) is 23.7 Å². The first kappa shape index (κ1) is 39.8. The minimum absolute atomic E-state index is 0.166. The standard InChI is InChI=1S/C44H61N5O4/c1-8-12-38(37-21-26-49(30-37)42-40(14-11-23-46-42)44(51)53-32(5)6)33(7)27-34-15-17-35(18-16-34)28-47(9-2)24-19-36-20-25-48(29-36)41-39(13-10-22-45-41)43(50)52-31(3)4/h10-11,13-19,22-24,31-33,36-38H,8-9,12,20-21,25-30H2,1-7H3. The van der Waals surface area contributed by atoms with Gasteiger partial charge in [0.15, 0.2) is 0 Å². The van der Waals surface area contributed by atoms with Gasteiger partial charge in [0.2, 0.25) is 0 Å². The Kier molecular flexibility index (Phi) is 14.3. The van der Waals surface area contributed by atoms with Gasteiger partial charge in [0.25, 0.3) is 0 Å². The number of pyridine rings is 2. The van der Waals surface area contributed by atoms with E-state index in [1.54, 1.807) is 18.5 Å². The summed E-state index contributed by atoms with van der Waals surface area (Å²) in [7, 11) is 0. The number of anilines is 2. The quantitative estimate of drug-likeness (QED) is 0.127. The first-order chi connectivity index (χ1) is 25.6. The van der Waals surface area contributed by atoms with Crippen molar-refractivity contribution >= 4 is 23.6 Å². The number of carbonyl (C=O) groups excluding carboxylic acids is 2. The van der Waals surface area contributed by atoms with E-state index in [0.29, 0.717) is 40.6 Å². The smallest absolute Gasteiger partial charge is 0.342 e. The highest BCUT2D eigenvalue weighted by atomic mass is 16.5. The van der Waals surface area contributed by atoms with Crippen LogP contribution in [0.25, 0.3) is 0 Å². The van der Waals surface area contributed by atoms with Gasteiger partial charge in [-0.3, -0.25) is 0 Å². The summed E-state index contributed by atoms with van der Waals surface area (Å²) in [6.07, 6.45) is 13.3. The van der Waals surface area contributed by atoms with Crippen molar-refractivity contribution < 1.29 is 19.1 Å². The molecule has 286 valence electrons. The van der Waals surface area contributed by atoms with Gasteiger partial charge in [0.1, 0.15) is 22.8 Å². The van der Waals surface area contributed by atoms with Gasteiger partial charge in [0.05, 0.1) is 12.2 Å². The largest absolute Gasteiger partial charge is 0.459 e. The van der Waals surface area contributed by atoms with Crippen molar-refractivity contribution in [1.29, 1.82) is 0 Å². The number of aromatic nitrogens is 2.